The molecule has 1 amide bonds. The van der Waals surface area contributed by atoms with Gasteiger partial charge in [0.15, 0.2) is 5.82 Å². The van der Waals surface area contributed by atoms with Gasteiger partial charge in [0.05, 0.1) is 12.6 Å². The zero-order valence-corrected chi connectivity index (χ0v) is 13.6. The number of anilines is 2. The molecule has 0 spiro atoms. The van der Waals surface area contributed by atoms with Crippen LogP contribution in [0, 0.1) is 0 Å². The predicted octanol–water partition coefficient (Wildman–Crippen LogP) is 0.0372. The summed E-state index contributed by atoms with van der Waals surface area (Å²) in [6, 6.07) is -0.0266. The SMILES string of the molecule is CC(C)NC(=O)CN(C)[C@H](C)c1nc(N)nc(N(C)C)n1. The van der Waals surface area contributed by atoms with Crippen LogP contribution in [0.3, 0.4) is 0 Å². The molecule has 3 N–H and O–H groups in total. The van der Waals surface area contributed by atoms with Crippen molar-refractivity contribution in [1.29, 1.82) is 0 Å². The Morgan fingerprint density at radius 3 is 2.33 bits per heavy atom. The van der Waals surface area contributed by atoms with Gasteiger partial charge in [0.1, 0.15) is 0 Å². The van der Waals surface area contributed by atoms with Gasteiger partial charge in [-0.25, -0.2) is 0 Å². The minimum atomic E-state index is -0.146. The van der Waals surface area contributed by atoms with E-state index in [0.29, 0.717) is 11.8 Å². The third kappa shape index (κ3) is 5.14. The first kappa shape index (κ1) is 17.1. The fraction of sp³-hybridized carbons (Fsp3) is 0.692. The highest BCUT2D eigenvalue weighted by Gasteiger charge is 2.19. The minimum Gasteiger partial charge on any atom is -0.368 e. The Morgan fingerprint density at radius 2 is 1.81 bits per heavy atom. The molecule has 0 unspecified atom stereocenters. The number of aromatic nitrogens is 3. The van der Waals surface area contributed by atoms with Crippen molar-refractivity contribution in [3.8, 4) is 0 Å². The normalized spacial score (nSPS) is 12.6. The molecule has 21 heavy (non-hydrogen) atoms. The van der Waals surface area contributed by atoms with E-state index in [-0.39, 0.29) is 30.5 Å². The summed E-state index contributed by atoms with van der Waals surface area (Å²) in [6.45, 7) is 6.05. The van der Waals surface area contributed by atoms with Crippen LogP contribution in [0.2, 0.25) is 0 Å². The number of amides is 1. The number of nitrogens with zero attached hydrogens (tertiary/aromatic N) is 5. The molecule has 0 saturated heterocycles. The van der Waals surface area contributed by atoms with Crippen molar-refractivity contribution in [2.45, 2.75) is 32.9 Å². The van der Waals surface area contributed by atoms with Crippen molar-refractivity contribution in [3.05, 3.63) is 5.82 Å². The van der Waals surface area contributed by atoms with E-state index < -0.39 is 0 Å². The van der Waals surface area contributed by atoms with Crippen molar-refractivity contribution in [2.75, 3.05) is 38.3 Å². The Bertz CT molecular complexity index is 489. The number of nitrogens with two attached hydrogens (primary N) is 1. The van der Waals surface area contributed by atoms with Crippen LogP contribution in [-0.4, -0.2) is 59.5 Å². The van der Waals surface area contributed by atoms with Crippen LogP contribution in [0.1, 0.15) is 32.6 Å². The maximum atomic E-state index is 11.8. The van der Waals surface area contributed by atoms with Crippen molar-refractivity contribution in [3.63, 3.8) is 0 Å². The van der Waals surface area contributed by atoms with E-state index in [1.807, 2.05) is 46.8 Å². The van der Waals surface area contributed by atoms with E-state index in [0.717, 1.165) is 0 Å². The Labute approximate surface area is 125 Å². The molecular formula is C13H25N7O. The number of carbonyl (C=O) groups excluding carboxylic acids is 1. The molecule has 0 aliphatic heterocycles. The Hall–Kier alpha value is -1.96. The van der Waals surface area contributed by atoms with Crippen LogP contribution >= 0.6 is 0 Å². The van der Waals surface area contributed by atoms with Crippen LogP contribution in [0.5, 0.6) is 0 Å². The maximum Gasteiger partial charge on any atom is 0.234 e. The molecule has 0 aromatic carbocycles. The largest absolute Gasteiger partial charge is 0.368 e. The topological polar surface area (TPSA) is 100 Å². The highest BCUT2D eigenvalue weighted by Crippen LogP contribution is 2.17. The lowest BCUT2D eigenvalue weighted by atomic mass is 10.2. The van der Waals surface area contributed by atoms with Gasteiger partial charge in [-0.05, 0) is 27.8 Å². The molecule has 0 saturated carbocycles. The molecule has 8 heteroatoms. The molecule has 0 fully saturated rings. The summed E-state index contributed by atoms with van der Waals surface area (Å²) in [7, 11) is 5.52. The number of likely N-dealkylation sites (N-methyl/N-ethyl adjacent to an activating group) is 1. The summed E-state index contributed by atoms with van der Waals surface area (Å²) in [5, 5.41) is 2.85. The zero-order chi connectivity index (χ0) is 16.2. The smallest absolute Gasteiger partial charge is 0.234 e. The lowest BCUT2D eigenvalue weighted by Gasteiger charge is -2.24. The third-order valence-corrected chi connectivity index (χ3v) is 2.94. The van der Waals surface area contributed by atoms with Gasteiger partial charge in [0, 0.05) is 20.1 Å². The van der Waals surface area contributed by atoms with Crippen LogP contribution in [0.4, 0.5) is 11.9 Å². The molecule has 0 aliphatic rings. The molecule has 0 bridgehead atoms. The summed E-state index contributed by atoms with van der Waals surface area (Å²) in [5.41, 5.74) is 5.72. The van der Waals surface area contributed by atoms with Gasteiger partial charge in [-0.1, -0.05) is 0 Å². The van der Waals surface area contributed by atoms with Crippen LogP contribution in [0.25, 0.3) is 0 Å². The second-order valence-electron chi connectivity index (χ2n) is 5.56. The number of nitrogen functional groups attached to an aromatic ring is 1. The van der Waals surface area contributed by atoms with Gasteiger partial charge in [0.2, 0.25) is 17.8 Å². The molecule has 1 aromatic rings. The number of hydrogen-bond donors (Lipinski definition) is 2. The van der Waals surface area contributed by atoms with Crippen LogP contribution in [0.15, 0.2) is 0 Å². The molecule has 118 valence electrons. The molecule has 8 nitrogen and oxygen atoms in total. The molecule has 1 aromatic heterocycles. The van der Waals surface area contributed by atoms with Gasteiger partial charge < -0.3 is 16.0 Å². The monoisotopic (exact) mass is 295 g/mol. The predicted molar refractivity (Wildman–Crippen MR) is 82.9 cm³/mol. The third-order valence-electron chi connectivity index (χ3n) is 2.94. The molecule has 1 rings (SSSR count). The fourth-order valence-electron chi connectivity index (χ4n) is 1.71. The zero-order valence-electron chi connectivity index (χ0n) is 13.6. The molecule has 1 atom stereocenters. The van der Waals surface area contributed by atoms with Crippen molar-refractivity contribution in [2.24, 2.45) is 0 Å². The Balaban J connectivity index is 2.82. The molecule has 1 heterocycles. The van der Waals surface area contributed by atoms with Gasteiger partial charge in [0.25, 0.3) is 0 Å². The first-order valence-electron chi connectivity index (χ1n) is 6.89. The van der Waals surface area contributed by atoms with E-state index in [2.05, 4.69) is 20.3 Å². The van der Waals surface area contributed by atoms with Crippen molar-refractivity contribution < 1.29 is 4.79 Å². The number of nitrogens with one attached hydrogen (secondary N) is 1. The lowest BCUT2D eigenvalue weighted by Crippen LogP contribution is -2.39. The van der Waals surface area contributed by atoms with Gasteiger partial charge >= 0.3 is 0 Å². The van der Waals surface area contributed by atoms with Gasteiger partial charge in [-0.2, -0.15) is 15.0 Å². The summed E-state index contributed by atoms with van der Waals surface area (Å²) in [5.74, 6) is 1.19. The summed E-state index contributed by atoms with van der Waals surface area (Å²) in [6.07, 6.45) is 0. The Kier molecular flexibility index (Phi) is 5.83. The number of hydrogen-bond acceptors (Lipinski definition) is 7. The van der Waals surface area contributed by atoms with E-state index in [1.165, 1.54) is 0 Å². The summed E-state index contributed by atoms with van der Waals surface area (Å²) in [4.78, 5) is 28.0. The fourth-order valence-corrected chi connectivity index (χ4v) is 1.71. The summed E-state index contributed by atoms with van der Waals surface area (Å²) >= 11 is 0. The maximum absolute atomic E-state index is 11.8. The minimum absolute atomic E-state index is 0.0331. The van der Waals surface area contributed by atoms with Crippen LogP contribution < -0.4 is 16.0 Å². The second kappa shape index (κ2) is 7.16. The van der Waals surface area contributed by atoms with E-state index in [9.17, 15) is 4.79 Å². The first-order valence-corrected chi connectivity index (χ1v) is 6.89. The van der Waals surface area contributed by atoms with Crippen molar-refractivity contribution in [1.82, 2.24) is 25.2 Å². The second-order valence-corrected chi connectivity index (χ2v) is 5.56. The van der Waals surface area contributed by atoms with Gasteiger partial charge in [-0.3, -0.25) is 9.69 Å². The number of carbonyl (C=O) groups is 1. The highest BCUT2D eigenvalue weighted by atomic mass is 16.2. The lowest BCUT2D eigenvalue weighted by molar-refractivity contribution is -0.122. The van der Waals surface area contributed by atoms with E-state index in [1.54, 1.807) is 4.90 Å². The first-order chi connectivity index (χ1) is 9.70. The highest BCUT2D eigenvalue weighted by molar-refractivity contribution is 5.78. The average molecular weight is 295 g/mol. The van der Waals surface area contributed by atoms with Crippen molar-refractivity contribution >= 4 is 17.8 Å². The quantitative estimate of drug-likeness (QED) is 0.764. The van der Waals surface area contributed by atoms with Gasteiger partial charge in [-0.15, -0.1) is 0 Å². The van der Waals surface area contributed by atoms with Crippen LogP contribution in [-0.2, 0) is 4.79 Å². The molecular weight excluding hydrogens is 270 g/mol. The summed E-state index contributed by atoms with van der Waals surface area (Å²) < 4.78 is 0. The molecule has 0 radical (unpaired) electrons. The standard InChI is InChI=1S/C13H25N7O/c1-8(2)15-10(21)7-20(6)9(3)11-16-12(14)18-13(17-11)19(4)5/h8-9H,7H2,1-6H3,(H,15,21)(H2,14,16,17,18)/t9-/m1/s1. The molecule has 0 aliphatic carbocycles. The number of rotatable bonds is 6. The average Bonchev–Trinajstić information content (AvgIpc) is 2.35. The Morgan fingerprint density at radius 1 is 1.19 bits per heavy atom. The van der Waals surface area contributed by atoms with E-state index in [4.69, 9.17) is 5.73 Å². The van der Waals surface area contributed by atoms with E-state index >= 15 is 0 Å².